The van der Waals surface area contributed by atoms with Crippen LogP contribution in [0.1, 0.15) is 32.5 Å². The summed E-state index contributed by atoms with van der Waals surface area (Å²) in [5.41, 5.74) is 1.04. The van der Waals surface area contributed by atoms with Crippen molar-refractivity contribution in [1.82, 2.24) is 24.6 Å². The normalized spacial score (nSPS) is 20.7. The predicted octanol–water partition coefficient (Wildman–Crippen LogP) is 2.96. The number of hydrogen-bond donors (Lipinski definition) is 0. The molecule has 2 unspecified atom stereocenters. The van der Waals surface area contributed by atoms with Crippen LogP contribution in [-0.2, 0) is 6.54 Å². The lowest BCUT2D eigenvalue weighted by Gasteiger charge is -2.16. The van der Waals surface area contributed by atoms with E-state index in [0.29, 0.717) is 11.8 Å². The summed E-state index contributed by atoms with van der Waals surface area (Å²) >= 11 is 0. The number of likely N-dealkylation sites (tertiary alicyclic amines) is 1. The molecule has 1 aromatic heterocycles. The van der Waals surface area contributed by atoms with Gasteiger partial charge in [-0.3, -0.25) is 0 Å². The van der Waals surface area contributed by atoms with Gasteiger partial charge in [0.25, 0.3) is 0 Å². The van der Waals surface area contributed by atoms with Crippen molar-refractivity contribution >= 4 is 0 Å². The minimum atomic E-state index is 0.173. The quantitative estimate of drug-likeness (QED) is 0.749. The first-order valence-corrected chi connectivity index (χ1v) is 9.88. The maximum Gasteiger partial charge on any atom is 0.181 e. The van der Waals surface area contributed by atoms with Crippen molar-refractivity contribution in [2.45, 2.75) is 39.3 Å². The Morgan fingerprint density at radius 3 is 2.44 bits per heavy atom. The van der Waals surface area contributed by atoms with E-state index in [1.54, 1.807) is 0 Å². The SMILES string of the molecule is CC(C)Oc1ccc(-c2nc(C3CN(C)CC3C)n(CCN(C)C)n2)cc1. The van der Waals surface area contributed by atoms with Gasteiger partial charge in [0, 0.05) is 31.1 Å². The Bertz CT molecular complexity index is 738. The molecule has 2 atom stereocenters. The highest BCUT2D eigenvalue weighted by atomic mass is 16.5. The molecule has 148 valence electrons. The Morgan fingerprint density at radius 1 is 1.19 bits per heavy atom. The summed E-state index contributed by atoms with van der Waals surface area (Å²) < 4.78 is 7.87. The molecule has 0 spiro atoms. The van der Waals surface area contributed by atoms with Crippen LogP contribution in [0.3, 0.4) is 0 Å². The Labute approximate surface area is 163 Å². The predicted molar refractivity (Wildman–Crippen MR) is 109 cm³/mol. The maximum atomic E-state index is 5.75. The van der Waals surface area contributed by atoms with Crippen LogP contribution in [0.5, 0.6) is 5.75 Å². The lowest BCUT2D eigenvalue weighted by Crippen LogP contribution is -2.22. The molecule has 2 heterocycles. The average molecular weight is 372 g/mol. The highest BCUT2D eigenvalue weighted by Crippen LogP contribution is 2.32. The van der Waals surface area contributed by atoms with E-state index in [9.17, 15) is 0 Å². The molecule has 1 aromatic carbocycles. The molecular formula is C21H33N5O. The second-order valence-electron chi connectivity index (χ2n) is 8.32. The van der Waals surface area contributed by atoms with Crippen LogP contribution in [0.25, 0.3) is 11.4 Å². The van der Waals surface area contributed by atoms with Crippen molar-refractivity contribution < 1.29 is 4.74 Å². The summed E-state index contributed by atoms with van der Waals surface area (Å²) in [4.78, 5) is 9.56. The molecule has 0 N–H and O–H groups in total. The molecule has 27 heavy (non-hydrogen) atoms. The van der Waals surface area contributed by atoms with Crippen molar-refractivity contribution in [3.8, 4) is 17.1 Å². The monoisotopic (exact) mass is 371 g/mol. The first-order chi connectivity index (χ1) is 12.8. The second kappa shape index (κ2) is 8.40. The number of rotatable bonds is 7. The fourth-order valence-corrected chi connectivity index (χ4v) is 3.71. The van der Waals surface area contributed by atoms with E-state index < -0.39 is 0 Å². The zero-order valence-electron chi connectivity index (χ0n) is 17.5. The lowest BCUT2D eigenvalue weighted by molar-refractivity contribution is 0.242. The molecule has 1 aliphatic heterocycles. The molecule has 2 aromatic rings. The van der Waals surface area contributed by atoms with Crippen molar-refractivity contribution in [1.29, 1.82) is 0 Å². The number of likely N-dealkylation sites (N-methyl/N-ethyl adjacent to an activating group) is 2. The van der Waals surface area contributed by atoms with E-state index in [0.717, 1.165) is 49.1 Å². The molecule has 3 rings (SSSR count). The standard InChI is InChI=1S/C21H33N5O/c1-15(2)27-18-9-7-17(8-10-18)20-22-21(19-14-25(6)13-16(19)3)26(23-20)12-11-24(4)5/h7-10,15-16,19H,11-14H2,1-6H3. The third kappa shape index (κ3) is 4.87. The highest BCUT2D eigenvalue weighted by Gasteiger charge is 2.33. The van der Waals surface area contributed by atoms with Crippen molar-refractivity contribution in [3.63, 3.8) is 0 Å². The molecular weight excluding hydrogens is 338 g/mol. The van der Waals surface area contributed by atoms with E-state index in [1.807, 2.05) is 26.0 Å². The van der Waals surface area contributed by atoms with Gasteiger partial charge in [0.2, 0.25) is 0 Å². The number of hydrogen-bond acceptors (Lipinski definition) is 5. The van der Waals surface area contributed by atoms with Crippen LogP contribution < -0.4 is 4.74 Å². The van der Waals surface area contributed by atoms with Gasteiger partial charge >= 0.3 is 0 Å². The summed E-state index contributed by atoms with van der Waals surface area (Å²) in [7, 11) is 6.37. The molecule has 1 fully saturated rings. The van der Waals surface area contributed by atoms with Crippen molar-refractivity contribution in [3.05, 3.63) is 30.1 Å². The van der Waals surface area contributed by atoms with Crippen LogP contribution >= 0.6 is 0 Å². The molecule has 0 radical (unpaired) electrons. The topological polar surface area (TPSA) is 46.4 Å². The first-order valence-electron chi connectivity index (χ1n) is 9.88. The molecule has 0 aliphatic carbocycles. The third-order valence-corrected chi connectivity index (χ3v) is 5.07. The van der Waals surface area contributed by atoms with Gasteiger partial charge in [-0.2, -0.15) is 5.10 Å². The van der Waals surface area contributed by atoms with Gasteiger partial charge in [0.1, 0.15) is 11.6 Å². The third-order valence-electron chi connectivity index (χ3n) is 5.07. The number of aromatic nitrogens is 3. The summed E-state index contributed by atoms with van der Waals surface area (Å²) in [5.74, 6) is 3.83. The van der Waals surface area contributed by atoms with Crippen LogP contribution in [-0.4, -0.2) is 71.4 Å². The van der Waals surface area contributed by atoms with Gasteiger partial charge in [0.05, 0.1) is 12.6 Å². The summed E-state index contributed by atoms with van der Waals surface area (Å²) in [5, 5.41) is 4.87. The van der Waals surface area contributed by atoms with Crippen molar-refractivity contribution in [2.75, 3.05) is 40.8 Å². The van der Waals surface area contributed by atoms with Gasteiger partial charge in [-0.15, -0.1) is 0 Å². The number of benzene rings is 1. The first kappa shape index (κ1) is 19.8. The van der Waals surface area contributed by atoms with E-state index >= 15 is 0 Å². The van der Waals surface area contributed by atoms with Gasteiger partial charge in [-0.25, -0.2) is 9.67 Å². The summed E-state index contributed by atoms with van der Waals surface area (Å²) in [6, 6.07) is 8.11. The van der Waals surface area contributed by atoms with E-state index in [-0.39, 0.29) is 6.10 Å². The van der Waals surface area contributed by atoms with Crippen molar-refractivity contribution in [2.24, 2.45) is 5.92 Å². The average Bonchev–Trinajstić information content (AvgIpc) is 3.15. The van der Waals surface area contributed by atoms with Crippen LogP contribution in [0, 0.1) is 5.92 Å². The maximum absolute atomic E-state index is 5.75. The van der Waals surface area contributed by atoms with E-state index in [1.165, 1.54) is 0 Å². The Balaban J connectivity index is 1.88. The lowest BCUT2D eigenvalue weighted by atomic mass is 9.97. The number of ether oxygens (including phenoxy) is 1. The minimum Gasteiger partial charge on any atom is -0.491 e. The van der Waals surface area contributed by atoms with Crippen LogP contribution in [0.15, 0.2) is 24.3 Å². The van der Waals surface area contributed by atoms with Gasteiger partial charge in [0.15, 0.2) is 5.82 Å². The second-order valence-corrected chi connectivity index (χ2v) is 8.32. The van der Waals surface area contributed by atoms with E-state index in [4.69, 9.17) is 14.8 Å². The smallest absolute Gasteiger partial charge is 0.181 e. The zero-order valence-corrected chi connectivity index (χ0v) is 17.5. The molecule has 6 nitrogen and oxygen atoms in total. The largest absolute Gasteiger partial charge is 0.491 e. The van der Waals surface area contributed by atoms with Gasteiger partial charge < -0.3 is 14.5 Å². The molecule has 1 aliphatic rings. The molecule has 0 bridgehead atoms. The highest BCUT2D eigenvalue weighted by molar-refractivity contribution is 5.56. The summed E-state index contributed by atoms with van der Waals surface area (Å²) in [6.07, 6.45) is 0.173. The Kier molecular flexibility index (Phi) is 6.17. The number of nitrogens with zero attached hydrogens (tertiary/aromatic N) is 5. The van der Waals surface area contributed by atoms with Crippen LogP contribution in [0.2, 0.25) is 0 Å². The Hall–Kier alpha value is -1.92. The molecule has 0 saturated carbocycles. The molecule has 0 amide bonds. The fraction of sp³-hybridized carbons (Fsp3) is 0.619. The van der Waals surface area contributed by atoms with E-state index in [2.05, 4.69) is 54.7 Å². The summed E-state index contributed by atoms with van der Waals surface area (Å²) in [6.45, 7) is 10.4. The minimum absolute atomic E-state index is 0.173. The molecule has 6 heteroatoms. The zero-order chi connectivity index (χ0) is 19.6. The van der Waals surface area contributed by atoms with Gasteiger partial charge in [-0.1, -0.05) is 6.92 Å². The molecule has 1 saturated heterocycles. The fourth-order valence-electron chi connectivity index (χ4n) is 3.71. The van der Waals surface area contributed by atoms with Crippen LogP contribution in [0.4, 0.5) is 0 Å². The Morgan fingerprint density at radius 2 is 1.89 bits per heavy atom. The van der Waals surface area contributed by atoms with Gasteiger partial charge in [-0.05, 0) is 65.2 Å².